The van der Waals surface area contributed by atoms with Crippen molar-refractivity contribution in [2.75, 3.05) is 19.1 Å². The minimum absolute atomic E-state index is 0.0164. The lowest BCUT2D eigenvalue weighted by molar-refractivity contribution is 0.0985. The van der Waals surface area contributed by atoms with E-state index < -0.39 is 10.0 Å². The Morgan fingerprint density at radius 3 is 2.53 bits per heavy atom. The molecule has 0 bridgehead atoms. The second-order valence-electron chi connectivity index (χ2n) is 9.42. The number of amides is 1. The number of methoxy groups -OCH3 is 1. The predicted octanol–water partition coefficient (Wildman–Crippen LogP) is 5.50. The van der Waals surface area contributed by atoms with E-state index >= 15 is 0 Å². The zero-order valence-corrected chi connectivity index (χ0v) is 23.0. The number of anilines is 1. The van der Waals surface area contributed by atoms with Crippen molar-refractivity contribution in [2.45, 2.75) is 49.6 Å². The minimum atomic E-state index is -3.65. The normalized spacial score (nSPS) is 14.6. The van der Waals surface area contributed by atoms with Crippen molar-refractivity contribution in [3.63, 3.8) is 0 Å². The summed E-state index contributed by atoms with van der Waals surface area (Å²) in [5.41, 5.74) is 2.00. The molecule has 0 unspecified atom stereocenters. The number of carbonyl (C=O) groups is 1. The third-order valence-electron chi connectivity index (χ3n) is 6.99. The first-order chi connectivity index (χ1) is 18.4. The van der Waals surface area contributed by atoms with Crippen LogP contribution in [0.15, 0.2) is 71.9 Å². The maximum Gasteiger partial charge on any atom is 0.260 e. The molecular formula is C28H30N4O4S2. The third-order valence-corrected chi connectivity index (χ3v) is 9.96. The van der Waals surface area contributed by atoms with Crippen LogP contribution in [-0.4, -0.2) is 48.8 Å². The van der Waals surface area contributed by atoms with Gasteiger partial charge in [-0.25, -0.2) is 13.4 Å². The van der Waals surface area contributed by atoms with Crippen LogP contribution >= 0.6 is 11.3 Å². The van der Waals surface area contributed by atoms with E-state index in [0.29, 0.717) is 16.4 Å². The molecule has 4 aromatic rings. The number of carbonyl (C=O) groups excluding carboxylic acids is 1. The van der Waals surface area contributed by atoms with Gasteiger partial charge < -0.3 is 4.74 Å². The van der Waals surface area contributed by atoms with Crippen molar-refractivity contribution in [2.24, 2.45) is 0 Å². The number of hydrogen-bond donors (Lipinski definition) is 0. The molecule has 38 heavy (non-hydrogen) atoms. The number of ether oxygens (including phenoxy) is 1. The number of rotatable bonds is 8. The van der Waals surface area contributed by atoms with Gasteiger partial charge in [0.1, 0.15) is 5.75 Å². The third kappa shape index (κ3) is 5.43. The van der Waals surface area contributed by atoms with Crippen molar-refractivity contribution in [3.8, 4) is 5.75 Å². The summed E-state index contributed by atoms with van der Waals surface area (Å²) in [6, 6.07) is 15.5. The molecule has 0 aliphatic heterocycles. The van der Waals surface area contributed by atoms with E-state index in [-0.39, 0.29) is 23.4 Å². The molecule has 0 radical (unpaired) electrons. The van der Waals surface area contributed by atoms with Gasteiger partial charge in [0.2, 0.25) is 10.0 Å². The molecule has 0 spiro atoms. The van der Waals surface area contributed by atoms with Gasteiger partial charge in [0, 0.05) is 31.0 Å². The molecule has 1 saturated carbocycles. The molecule has 198 valence electrons. The van der Waals surface area contributed by atoms with Crippen LogP contribution in [0, 0.1) is 0 Å². The molecule has 2 heterocycles. The number of fused-ring (bicyclic) bond motifs is 1. The summed E-state index contributed by atoms with van der Waals surface area (Å²) >= 11 is 1.40. The maximum atomic E-state index is 13.8. The van der Waals surface area contributed by atoms with E-state index in [4.69, 9.17) is 9.72 Å². The number of sulfonamides is 1. The van der Waals surface area contributed by atoms with Crippen LogP contribution in [0.4, 0.5) is 5.13 Å². The summed E-state index contributed by atoms with van der Waals surface area (Å²) in [5.74, 6) is 0.442. The Balaban J connectivity index is 1.44. The lowest BCUT2D eigenvalue weighted by atomic mass is 9.96. The number of benzene rings is 2. The Morgan fingerprint density at radius 1 is 1.08 bits per heavy atom. The molecule has 0 atom stereocenters. The van der Waals surface area contributed by atoms with Gasteiger partial charge in [-0.05, 0) is 66.9 Å². The highest BCUT2D eigenvalue weighted by atomic mass is 32.2. The van der Waals surface area contributed by atoms with Crippen LogP contribution in [0.2, 0.25) is 0 Å². The second kappa shape index (κ2) is 11.2. The summed E-state index contributed by atoms with van der Waals surface area (Å²) in [7, 11) is -0.384. The van der Waals surface area contributed by atoms with Gasteiger partial charge >= 0.3 is 0 Å². The van der Waals surface area contributed by atoms with Crippen molar-refractivity contribution >= 4 is 42.6 Å². The van der Waals surface area contributed by atoms with Gasteiger partial charge in [-0.3, -0.25) is 14.7 Å². The fourth-order valence-corrected chi connectivity index (χ4v) is 7.18. The second-order valence-corrected chi connectivity index (χ2v) is 12.4. The van der Waals surface area contributed by atoms with Crippen LogP contribution < -0.4 is 9.64 Å². The molecule has 0 saturated heterocycles. The van der Waals surface area contributed by atoms with Gasteiger partial charge in [-0.15, -0.1) is 0 Å². The quantitative estimate of drug-likeness (QED) is 0.288. The van der Waals surface area contributed by atoms with E-state index in [2.05, 4.69) is 4.98 Å². The van der Waals surface area contributed by atoms with E-state index in [1.54, 1.807) is 43.6 Å². The molecule has 1 fully saturated rings. The summed E-state index contributed by atoms with van der Waals surface area (Å²) in [6.45, 7) is 0.272. The maximum absolute atomic E-state index is 13.8. The lowest BCUT2D eigenvalue weighted by Crippen LogP contribution is -2.38. The van der Waals surface area contributed by atoms with E-state index in [9.17, 15) is 13.2 Å². The Hall–Kier alpha value is -3.34. The predicted molar refractivity (Wildman–Crippen MR) is 149 cm³/mol. The van der Waals surface area contributed by atoms with Gasteiger partial charge in [0.05, 0.1) is 28.8 Å². The molecule has 2 aromatic carbocycles. The molecule has 1 aliphatic carbocycles. The Kier molecular flexibility index (Phi) is 7.73. The highest BCUT2D eigenvalue weighted by molar-refractivity contribution is 7.89. The molecule has 1 aliphatic rings. The van der Waals surface area contributed by atoms with Crippen LogP contribution in [0.25, 0.3) is 10.2 Å². The zero-order valence-electron chi connectivity index (χ0n) is 21.4. The van der Waals surface area contributed by atoms with Gasteiger partial charge in [0.15, 0.2) is 5.13 Å². The van der Waals surface area contributed by atoms with Crippen LogP contribution in [0.5, 0.6) is 5.75 Å². The standard InChI is InChI=1S/C28H30N4O4S2/c1-31(22-8-4-3-5-9-22)38(34,35)24-13-10-21(11-14-24)27(33)32(19-20-7-6-16-29-18-20)28-30-25-15-12-23(36-2)17-26(25)37-28/h6-7,10-18,22H,3-5,8-9,19H2,1-2H3. The van der Waals surface area contributed by atoms with Crippen LogP contribution in [-0.2, 0) is 16.6 Å². The topological polar surface area (TPSA) is 92.7 Å². The average molecular weight is 551 g/mol. The lowest BCUT2D eigenvalue weighted by Gasteiger charge is -2.30. The smallest absolute Gasteiger partial charge is 0.260 e. The first-order valence-electron chi connectivity index (χ1n) is 12.6. The van der Waals surface area contributed by atoms with Gasteiger partial charge in [-0.1, -0.05) is 36.7 Å². The van der Waals surface area contributed by atoms with Crippen molar-refractivity contribution < 1.29 is 17.9 Å². The highest BCUT2D eigenvalue weighted by Gasteiger charge is 2.29. The Labute approximate surface area is 227 Å². The highest BCUT2D eigenvalue weighted by Crippen LogP contribution is 2.33. The average Bonchev–Trinajstić information content (AvgIpc) is 3.39. The minimum Gasteiger partial charge on any atom is -0.497 e. The number of thiazole rings is 1. The SMILES string of the molecule is COc1ccc2nc(N(Cc3cccnc3)C(=O)c3ccc(S(=O)(=O)N(C)C4CCCCC4)cc3)sc2c1. The number of hydrogen-bond acceptors (Lipinski definition) is 7. The fourth-order valence-electron chi connectivity index (χ4n) is 4.77. The monoisotopic (exact) mass is 550 g/mol. The largest absolute Gasteiger partial charge is 0.497 e. The molecule has 2 aromatic heterocycles. The molecule has 8 nitrogen and oxygen atoms in total. The molecule has 0 N–H and O–H groups in total. The van der Waals surface area contributed by atoms with Gasteiger partial charge in [-0.2, -0.15) is 4.31 Å². The first kappa shape index (κ1) is 26.3. The van der Waals surface area contributed by atoms with E-state index in [0.717, 1.165) is 47.9 Å². The van der Waals surface area contributed by atoms with Crippen LogP contribution in [0.3, 0.4) is 0 Å². The number of aromatic nitrogens is 2. The summed E-state index contributed by atoms with van der Waals surface area (Å²) in [4.78, 5) is 24.5. The van der Waals surface area contributed by atoms with Crippen molar-refractivity contribution in [3.05, 3.63) is 78.1 Å². The number of pyridine rings is 1. The Bertz CT molecular complexity index is 1520. The number of nitrogens with zero attached hydrogens (tertiary/aromatic N) is 4. The van der Waals surface area contributed by atoms with Gasteiger partial charge in [0.25, 0.3) is 5.91 Å². The van der Waals surface area contributed by atoms with Crippen LogP contribution in [0.1, 0.15) is 48.0 Å². The van der Waals surface area contributed by atoms with Crippen molar-refractivity contribution in [1.29, 1.82) is 0 Å². The van der Waals surface area contributed by atoms with E-state index in [1.165, 1.54) is 27.8 Å². The molecule has 5 rings (SSSR count). The fraction of sp³-hybridized carbons (Fsp3) is 0.321. The first-order valence-corrected chi connectivity index (χ1v) is 14.9. The molecule has 10 heteroatoms. The molecule has 1 amide bonds. The zero-order chi connectivity index (χ0) is 26.7. The molecular weight excluding hydrogens is 520 g/mol. The summed E-state index contributed by atoms with van der Waals surface area (Å²) in [6.07, 6.45) is 8.40. The Morgan fingerprint density at radius 2 is 1.84 bits per heavy atom. The summed E-state index contributed by atoms with van der Waals surface area (Å²) in [5, 5.41) is 0.538. The van der Waals surface area contributed by atoms with Crippen molar-refractivity contribution in [1.82, 2.24) is 14.3 Å². The summed E-state index contributed by atoms with van der Waals surface area (Å²) < 4.78 is 34.3. The van der Waals surface area contributed by atoms with E-state index in [1.807, 2.05) is 30.3 Å².